The van der Waals surface area contributed by atoms with E-state index in [0.29, 0.717) is 5.75 Å². The summed E-state index contributed by atoms with van der Waals surface area (Å²) >= 11 is 3.41. The second kappa shape index (κ2) is 6.66. The minimum absolute atomic E-state index is 0.0124. The van der Waals surface area contributed by atoms with E-state index in [4.69, 9.17) is 4.74 Å². The van der Waals surface area contributed by atoms with Gasteiger partial charge in [0.1, 0.15) is 18.2 Å². The van der Waals surface area contributed by atoms with Crippen molar-refractivity contribution in [3.05, 3.63) is 63.9 Å². The Morgan fingerprint density at radius 1 is 1.20 bits per heavy atom. The van der Waals surface area contributed by atoms with E-state index in [2.05, 4.69) is 15.9 Å². The fourth-order valence-electron chi connectivity index (χ4n) is 1.75. The summed E-state index contributed by atoms with van der Waals surface area (Å²) in [4.78, 5) is 11.8. The first kappa shape index (κ1) is 14.7. The molecule has 2 nitrogen and oxygen atoms in total. The number of halogens is 2. The Labute approximate surface area is 125 Å². The van der Waals surface area contributed by atoms with Crippen LogP contribution in [-0.4, -0.2) is 12.4 Å². The Balaban J connectivity index is 1.88. The third-order valence-electron chi connectivity index (χ3n) is 2.84. The molecule has 4 heteroatoms. The van der Waals surface area contributed by atoms with Gasteiger partial charge in [-0.3, -0.25) is 4.79 Å². The van der Waals surface area contributed by atoms with Crippen molar-refractivity contribution in [2.24, 2.45) is 0 Å². The van der Waals surface area contributed by atoms with Crippen LogP contribution in [0, 0.1) is 12.7 Å². The van der Waals surface area contributed by atoms with Gasteiger partial charge in [0.05, 0.1) is 0 Å². The standard InChI is InChI=1S/C16H14BrFO2/c1-11-8-15(6-7-16(11)17)20-10-14(19)9-12-2-4-13(18)5-3-12/h2-8H,9-10H2,1H3. The van der Waals surface area contributed by atoms with Crippen LogP contribution >= 0.6 is 15.9 Å². The van der Waals surface area contributed by atoms with E-state index in [1.807, 2.05) is 25.1 Å². The van der Waals surface area contributed by atoms with Crippen molar-refractivity contribution in [1.82, 2.24) is 0 Å². The summed E-state index contributed by atoms with van der Waals surface area (Å²) in [5, 5.41) is 0. The summed E-state index contributed by atoms with van der Waals surface area (Å²) in [6, 6.07) is 11.5. The molecule has 0 bridgehead atoms. The molecule has 0 saturated carbocycles. The molecule has 0 radical (unpaired) electrons. The maximum Gasteiger partial charge on any atom is 0.174 e. The molecule has 20 heavy (non-hydrogen) atoms. The zero-order chi connectivity index (χ0) is 14.5. The highest BCUT2D eigenvalue weighted by Crippen LogP contribution is 2.21. The molecule has 0 N–H and O–H groups in total. The number of aryl methyl sites for hydroxylation is 1. The fourth-order valence-corrected chi connectivity index (χ4v) is 2.00. The molecule has 0 aliphatic rings. The number of benzene rings is 2. The number of ketones is 1. The van der Waals surface area contributed by atoms with Gasteiger partial charge >= 0.3 is 0 Å². The summed E-state index contributed by atoms with van der Waals surface area (Å²) in [6.07, 6.45) is 0.246. The molecule has 0 aliphatic heterocycles. The first-order valence-corrected chi connectivity index (χ1v) is 6.99. The Morgan fingerprint density at radius 2 is 1.90 bits per heavy atom. The number of Topliss-reactive ketones (excluding diaryl/α,β-unsaturated/α-hetero) is 1. The monoisotopic (exact) mass is 336 g/mol. The molecule has 0 atom stereocenters. The molecule has 0 saturated heterocycles. The molecule has 0 fully saturated rings. The second-order valence-corrected chi connectivity index (χ2v) is 5.40. The van der Waals surface area contributed by atoms with E-state index < -0.39 is 0 Å². The summed E-state index contributed by atoms with van der Waals surface area (Å²) in [7, 11) is 0. The minimum Gasteiger partial charge on any atom is -0.486 e. The van der Waals surface area contributed by atoms with Crippen molar-refractivity contribution in [3.8, 4) is 5.75 Å². The van der Waals surface area contributed by atoms with E-state index in [1.54, 1.807) is 12.1 Å². The van der Waals surface area contributed by atoms with Crippen molar-refractivity contribution < 1.29 is 13.9 Å². The van der Waals surface area contributed by atoms with Gasteiger partial charge in [0, 0.05) is 10.9 Å². The van der Waals surface area contributed by atoms with Crippen molar-refractivity contribution in [1.29, 1.82) is 0 Å². The predicted molar refractivity (Wildman–Crippen MR) is 79.5 cm³/mol. The van der Waals surface area contributed by atoms with Crippen LogP contribution < -0.4 is 4.74 Å². The van der Waals surface area contributed by atoms with Gasteiger partial charge in [0.2, 0.25) is 0 Å². The van der Waals surface area contributed by atoms with Gasteiger partial charge in [0.25, 0.3) is 0 Å². The van der Waals surface area contributed by atoms with Crippen molar-refractivity contribution in [3.63, 3.8) is 0 Å². The topological polar surface area (TPSA) is 26.3 Å². The van der Waals surface area contributed by atoms with Crippen LogP contribution in [0.15, 0.2) is 46.9 Å². The minimum atomic E-state index is -0.303. The molecule has 0 heterocycles. The highest BCUT2D eigenvalue weighted by molar-refractivity contribution is 9.10. The Hall–Kier alpha value is -1.68. The molecule has 0 amide bonds. The zero-order valence-electron chi connectivity index (χ0n) is 11.0. The third-order valence-corrected chi connectivity index (χ3v) is 3.73. The molecular formula is C16H14BrFO2. The van der Waals surface area contributed by atoms with E-state index in [-0.39, 0.29) is 24.6 Å². The molecule has 0 spiro atoms. The molecular weight excluding hydrogens is 323 g/mol. The lowest BCUT2D eigenvalue weighted by atomic mass is 10.1. The van der Waals surface area contributed by atoms with Crippen LogP contribution in [0.2, 0.25) is 0 Å². The van der Waals surface area contributed by atoms with Gasteiger partial charge < -0.3 is 4.74 Å². The highest BCUT2D eigenvalue weighted by Gasteiger charge is 2.06. The van der Waals surface area contributed by atoms with Crippen molar-refractivity contribution >= 4 is 21.7 Å². The average Bonchev–Trinajstić information content (AvgIpc) is 2.43. The smallest absolute Gasteiger partial charge is 0.174 e. The number of carbonyl (C=O) groups is 1. The van der Waals surface area contributed by atoms with Crippen molar-refractivity contribution in [2.45, 2.75) is 13.3 Å². The third kappa shape index (κ3) is 4.17. The van der Waals surface area contributed by atoms with Crippen LogP contribution in [0.25, 0.3) is 0 Å². The number of rotatable bonds is 5. The van der Waals surface area contributed by atoms with Gasteiger partial charge in [-0.15, -0.1) is 0 Å². The first-order chi connectivity index (χ1) is 9.54. The Bertz CT molecular complexity index is 608. The zero-order valence-corrected chi connectivity index (χ0v) is 12.6. The number of ether oxygens (including phenoxy) is 1. The van der Waals surface area contributed by atoms with Crippen LogP contribution in [0.1, 0.15) is 11.1 Å². The van der Waals surface area contributed by atoms with Gasteiger partial charge in [-0.1, -0.05) is 28.1 Å². The SMILES string of the molecule is Cc1cc(OCC(=O)Cc2ccc(F)cc2)ccc1Br. The van der Waals surface area contributed by atoms with Crippen LogP contribution in [0.3, 0.4) is 0 Å². The van der Waals surface area contributed by atoms with Gasteiger partial charge in [-0.2, -0.15) is 0 Å². The molecule has 0 aliphatic carbocycles. The molecule has 0 aromatic heterocycles. The van der Waals surface area contributed by atoms with Gasteiger partial charge in [0.15, 0.2) is 5.78 Å². The normalized spacial score (nSPS) is 10.3. The van der Waals surface area contributed by atoms with E-state index >= 15 is 0 Å². The highest BCUT2D eigenvalue weighted by atomic mass is 79.9. The van der Waals surface area contributed by atoms with Crippen LogP contribution in [0.4, 0.5) is 4.39 Å². The number of carbonyl (C=O) groups excluding carboxylic acids is 1. The van der Waals surface area contributed by atoms with E-state index in [0.717, 1.165) is 15.6 Å². The van der Waals surface area contributed by atoms with E-state index in [9.17, 15) is 9.18 Å². The Morgan fingerprint density at radius 3 is 2.55 bits per heavy atom. The fraction of sp³-hybridized carbons (Fsp3) is 0.188. The van der Waals surface area contributed by atoms with Gasteiger partial charge in [-0.25, -0.2) is 4.39 Å². The molecule has 2 rings (SSSR count). The van der Waals surface area contributed by atoms with Crippen LogP contribution in [0.5, 0.6) is 5.75 Å². The maximum absolute atomic E-state index is 12.8. The lowest BCUT2D eigenvalue weighted by Gasteiger charge is -2.07. The lowest BCUT2D eigenvalue weighted by molar-refractivity contribution is -0.120. The second-order valence-electron chi connectivity index (χ2n) is 4.54. The quantitative estimate of drug-likeness (QED) is 0.822. The average molecular weight is 337 g/mol. The maximum atomic E-state index is 12.8. The van der Waals surface area contributed by atoms with Crippen LogP contribution in [-0.2, 0) is 11.2 Å². The van der Waals surface area contributed by atoms with Crippen molar-refractivity contribution in [2.75, 3.05) is 6.61 Å². The number of hydrogen-bond donors (Lipinski definition) is 0. The summed E-state index contributed by atoms with van der Waals surface area (Å²) in [5.41, 5.74) is 1.83. The summed E-state index contributed by atoms with van der Waals surface area (Å²) in [6.45, 7) is 1.97. The predicted octanol–water partition coefficient (Wildman–Crippen LogP) is 4.09. The first-order valence-electron chi connectivity index (χ1n) is 6.19. The summed E-state index contributed by atoms with van der Waals surface area (Å²) in [5.74, 6) is 0.318. The molecule has 2 aromatic rings. The lowest BCUT2D eigenvalue weighted by Crippen LogP contribution is -2.13. The number of hydrogen-bond acceptors (Lipinski definition) is 2. The van der Waals surface area contributed by atoms with E-state index in [1.165, 1.54) is 12.1 Å². The Kier molecular flexibility index (Phi) is 4.90. The molecule has 0 unspecified atom stereocenters. The summed E-state index contributed by atoms with van der Waals surface area (Å²) < 4.78 is 19.2. The molecule has 104 valence electrons. The molecule has 2 aromatic carbocycles. The van der Waals surface area contributed by atoms with Gasteiger partial charge in [-0.05, 0) is 48.4 Å². The largest absolute Gasteiger partial charge is 0.486 e.